The summed E-state index contributed by atoms with van der Waals surface area (Å²) in [5.74, 6) is -0.313. The van der Waals surface area contributed by atoms with Crippen molar-refractivity contribution in [2.45, 2.75) is 25.7 Å². The second kappa shape index (κ2) is 10.2. The highest BCUT2D eigenvalue weighted by atomic mass is 32.2. The zero-order chi connectivity index (χ0) is 26.9. The number of para-hydroxylation sites is 1. The molecule has 0 saturated carbocycles. The largest absolute Gasteiger partial charge is 0.281 e. The number of amides is 1. The van der Waals surface area contributed by atoms with Crippen molar-refractivity contribution in [3.63, 3.8) is 0 Å². The highest BCUT2D eigenvalue weighted by Gasteiger charge is 2.17. The number of carbonyl (C=O) groups is 1. The number of carbonyl (C=O) groups excluding carboxylic acids is 1. The second-order valence-corrected chi connectivity index (χ2v) is 11.5. The maximum atomic E-state index is 12.9. The van der Waals surface area contributed by atoms with Crippen LogP contribution in [0.25, 0.3) is 15.9 Å². The Kier molecular flexibility index (Phi) is 6.83. The molecule has 0 atom stereocenters. The smallest absolute Gasteiger partial charge is 0.280 e. The molecule has 2 aromatic heterocycles. The van der Waals surface area contributed by atoms with Crippen LogP contribution in [-0.2, 0) is 10.0 Å². The molecule has 0 aliphatic rings. The van der Waals surface area contributed by atoms with Gasteiger partial charge >= 0.3 is 0 Å². The van der Waals surface area contributed by atoms with Gasteiger partial charge in [-0.25, -0.2) is 18.5 Å². The predicted octanol–water partition coefficient (Wildman–Crippen LogP) is 5.66. The summed E-state index contributed by atoms with van der Waals surface area (Å²) in [6, 6.07) is 25.1. The average Bonchev–Trinajstić information content (AvgIpc) is 3.48. The van der Waals surface area contributed by atoms with Crippen LogP contribution in [0.4, 0.5) is 5.69 Å². The van der Waals surface area contributed by atoms with Crippen molar-refractivity contribution < 1.29 is 13.2 Å². The van der Waals surface area contributed by atoms with E-state index >= 15 is 0 Å². The SMILES string of the molecule is CC(=NNC(=O)c1cc2c(C)nn(-c3ccccc3)c2s1)c1ccc(NS(=O)(=O)c2ccc(C)cc2)cc1. The lowest BCUT2D eigenvalue weighted by molar-refractivity contribution is 0.0959. The molecule has 0 fully saturated rings. The second-order valence-electron chi connectivity index (χ2n) is 8.80. The molecule has 0 bridgehead atoms. The average molecular weight is 544 g/mol. The standard InChI is InChI=1S/C28H25N5O3S2/c1-18-9-15-24(16-10-18)38(35,36)32-22-13-11-21(12-14-22)19(2)29-30-27(34)26-17-25-20(3)31-33(28(25)37-26)23-7-5-4-6-8-23/h4-17,32H,1-3H3,(H,30,34). The summed E-state index contributed by atoms with van der Waals surface area (Å²) < 4.78 is 29.7. The summed E-state index contributed by atoms with van der Waals surface area (Å²) >= 11 is 1.36. The van der Waals surface area contributed by atoms with Gasteiger partial charge < -0.3 is 0 Å². The van der Waals surface area contributed by atoms with Crippen LogP contribution in [0.3, 0.4) is 0 Å². The van der Waals surface area contributed by atoms with Gasteiger partial charge in [0, 0.05) is 11.1 Å². The van der Waals surface area contributed by atoms with E-state index in [4.69, 9.17) is 0 Å². The van der Waals surface area contributed by atoms with Gasteiger partial charge in [0.1, 0.15) is 4.83 Å². The lowest BCUT2D eigenvalue weighted by atomic mass is 10.1. The number of hydrogen-bond acceptors (Lipinski definition) is 6. The third-order valence-corrected chi connectivity index (χ3v) is 8.49. The van der Waals surface area contributed by atoms with E-state index in [0.29, 0.717) is 16.3 Å². The van der Waals surface area contributed by atoms with Crippen LogP contribution in [0, 0.1) is 13.8 Å². The topological polar surface area (TPSA) is 105 Å². The number of aryl methyl sites for hydroxylation is 2. The van der Waals surface area contributed by atoms with Gasteiger partial charge in [-0.15, -0.1) is 11.3 Å². The number of sulfonamides is 1. The normalized spacial score (nSPS) is 12.0. The molecule has 5 aromatic rings. The molecule has 0 spiro atoms. The van der Waals surface area contributed by atoms with E-state index in [1.54, 1.807) is 55.5 Å². The van der Waals surface area contributed by atoms with Crippen LogP contribution in [0.5, 0.6) is 0 Å². The van der Waals surface area contributed by atoms with E-state index in [0.717, 1.165) is 32.7 Å². The van der Waals surface area contributed by atoms with Crippen LogP contribution < -0.4 is 10.1 Å². The summed E-state index contributed by atoms with van der Waals surface area (Å²) in [4.78, 5) is 14.5. The van der Waals surface area contributed by atoms with Gasteiger partial charge in [0.2, 0.25) is 0 Å². The third-order valence-electron chi connectivity index (χ3n) is 5.98. The summed E-state index contributed by atoms with van der Waals surface area (Å²) in [6.07, 6.45) is 0. The maximum Gasteiger partial charge on any atom is 0.281 e. The van der Waals surface area contributed by atoms with E-state index in [2.05, 4.69) is 20.3 Å². The lowest BCUT2D eigenvalue weighted by Crippen LogP contribution is -2.18. The number of fused-ring (bicyclic) bond motifs is 1. The van der Waals surface area contributed by atoms with Crippen LogP contribution in [0.2, 0.25) is 0 Å². The van der Waals surface area contributed by atoms with Crippen molar-refractivity contribution in [3.05, 3.63) is 107 Å². The maximum absolute atomic E-state index is 12.9. The molecule has 3 aromatic carbocycles. The monoisotopic (exact) mass is 543 g/mol. The summed E-state index contributed by atoms with van der Waals surface area (Å²) in [7, 11) is -3.69. The molecule has 5 rings (SSSR count). The van der Waals surface area contributed by atoms with Gasteiger partial charge in [-0.1, -0.05) is 48.0 Å². The van der Waals surface area contributed by atoms with Crippen LogP contribution in [0.15, 0.2) is 94.9 Å². The van der Waals surface area contributed by atoms with Crippen molar-refractivity contribution in [3.8, 4) is 5.69 Å². The van der Waals surface area contributed by atoms with E-state index in [1.165, 1.54) is 11.3 Å². The fourth-order valence-corrected chi connectivity index (χ4v) is 6.00. The highest BCUT2D eigenvalue weighted by Crippen LogP contribution is 2.30. The predicted molar refractivity (Wildman–Crippen MR) is 152 cm³/mol. The van der Waals surface area contributed by atoms with Crippen molar-refractivity contribution in [2.24, 2.45) is 5.10 Å². The molecule has 2 N–H and O–H groups in total. The molecule has 192 valence electrons. The minimum absolute atomic E-state index is 0.195. The van der Waals surface area contributed by atoms with Crippen LogP contribution in [0.1, 0.15) is 33.4 Å². The molecular weight excluding hydrogens is 518 g/mol. The number of nitrogens with zero attached hydrogens (tertiary/aromatic N) is 3. The van der Waals surface area contributed by atoms with E-state index in [-0.39, 0.29) is 10.8 Å². The number of anilines is 1. The Labute approximate surface area is 224 Å². The minimum atomic E-state index is -3.69. The van der Waals surface area contributed by atoms with E-state index in [1.807, 2.05) is 54.9 Å². The number of nitrogens with one attached hydrogen (secondary N) is 2. The Morgan fingerprint density at radius 1 is 0.947 bits per heavy atom. The van der Waals surface area contributed by atoms with E-state index < -0.39 is 10.0 Å². The molecule has 0 aliphatic heterocycles. The highest BCUT2D eigenvalue weighted by molar-refractivity contribution is 7.92. The third kappa shape index (κ3) is 5.22. The van der Waals surface area contributed by atoms with Gasteiger partial charge in [0.25, 0.3) is 15.9 Å². The van der Waals surface area contributed by atoms with E-state index in [9.17, 15) is 13.2 Å². The Bertz CT molecular complexity index is 1750. The Balaban J connectivity index is 1.28. The zero-order valence-electron chi connectivity index (χ0n) is 21.0. The van der Waals surface area contributed by atoms with Gasteiger partial charge in [0.05, 0.1) is 26.9 Å². The summed E-state index contributed by atoms with van der Waals surface area (Å²) in [6.45, 7) is 5.59. The number of aromatic nitrogens is 2. The first kappa shape index (κ1) is 25.4. The minimum Gasteiger partial charge on any atom is -0.280 e. The first-order chi connectivity index (χ1) is 18.2. The molecule has 0 aliphatic carbocycles. The molecule has 38 heavy (non-hydrogen) atoms. The molecule has 10 heteroatoms. The van der Waals surface area contributed by atoms with Gasteiger partial charge in [-0.2, -0.15) is 10.2 Å². The number of thiophene rings is 1. The fourth-order valence-electron chi connectivity index (χ4n) is 3.87. The van der Waals surface area contributed by atoms with Crippen LogP contribution >= 0.6 is 11.3 Å². The molecule has 0 saturated heterocycles. The van der Waals surface area contributed by atoms with Gasteiger partial charge in [-0.05, 0) is 68.8 Å². The van der Waals surface area contributed by atoms with Crippen LogP contribution in [-0.4, -0.2) is 29.8 Å². The van der Waals surface area contributed by atoms with Gasteiger partial charge in [0.15, 0.2) is 0 Å². The molecule has 0 radical (unpaired) electrons. The molecule has 1 amide bonds. The van der Waals surface area contributed by atoms with Crippen molar-refractivity contribution in [1.82, 2.24) is 15.2 Å². The first-order valence-corrected chi connectivity index (χ1v) is 14.1. The number of rotatable bonds is 7. The first-order valence-electron chi connectivity index (χ1n) is 11.8. The Hall–Kier alpha value is -4.28. The summed E-state index contributed by atoms with van der Waals surface area (Å²) in [5.41, 5.74) is 7.14. The molecule has 8 nitrogen and oxygen atoms in total. The molecular formula is C28H25N5O3S2. The van der Waals surface area contributed by atoms with Gasteiger partial charge in [-0.3, -0.25) is 9.52 Å². The summed E-state index contributed by atoms with van der Waals surface area (Å²) in [5, 5.41) is 9.78. The molecule has 2 heterocycles. The van der Waals surface area contributed by atoms with Crippen molar-refractivity contribution in [2.75, 3.05) is 4.72 Å². The Morgan fingerprint density at radius 2 is 1.63 bits per heavy atom. The number of hydrogen-bond donors (Lipinski definition) is 2. The number of hydrazone groups is 1. The number of benzene rings is 3. The molecule has 0 unspecified atom stereocenters. The fraction of sp³-hybridized carbons (Fsp3) is 0.107. The Morgan fingerprint density at radius 3 is 2.32 bits per heavy atom. The lowest BCUT2D eigenvalue weighted by Gasteiger charge is -2.09. The van der Waals surface area contributed by atoms with Crippen molar-refractivity contribution >= 4 is 48.9 Å². The quantitative estimate of drug-likeness (QED) is 0.204. The van der Waals surface area contributed by atoms with Crippen molar-refractivity contribution in [1.29, 1.82) is 0 Å². The zero-order valence-corrected chi connectivity index (χ0v) is 22.6.